The van der Waals surface area contributed by atoms with Gasteiger partial charge in [0.05, 0.1) is 22.8 Å². The average Bonchev–Trinajstić information content (AvgIpc) is 3.09. The highest BCUT2D eigenvalue weighted by atomic mass is 16.2. The molecule has 0 aliphatic carbocycles. The molecule has 20 heteroatoms. The number of amides is 2. The Morgan fingerprint density at radius 3 is 0.943 bits per heavy atom. The molecule has 18 N–H and O–H groups in total. The van der Waals surface area contributed by atoms with Gasteiger partial charge in [-0.2, -0.15) is 20.4 Å². The monoisotopic (exact) mass is 722 g/mol. The minimum absolute atomic E-state index is 0.195. The van der Waals surface area contributed by atoms with Gasteiger partial charge in [0, 0.05) is 44.8 Å². The van der Waals surface area contributed by atoms with Gasteiger partial charge in [0.25, 0.3) is 11.8 Å². The summed E-state index contributed by atoms with van der Waals surface area (Å²) >= 11 is 0. The molecule has 3 aromatic rings. The lowest BCUT2D eigenvalue weighted by molar-refractivity contribution is 0.102. The Kier molecular flexibility index (Phi) is 13.4. The fraction of sp³-hybridized carbons (Fsp3) is 0.152. The fourth-order valence-electron chi connectivity index (χ4n) is 4.52. The third kappa shape index (κ3) is 12.3. The minimum atomic E-state index is -0.516. The van der Waals surface area contributed by atoms with Gasteiger partial charge >= 0.3 is 0 Å². The van der Waals surface area contributed by atoms with Gasteiger partial charge in [-0.25, -0.2) is 21.7 Å². The molecular weight excluding hydrogens is 680 g/mol. The molecule has 0 atom stereocenters. The number of anilines is 2. The van der Waals surface area contributed by atoms with E-state index >= 15 is 0 Å². The van der Waals surface area contributed by atoms with Crippen LogP contribution in [0.2, 0.25) is 0 Å². The van der Waals surface area contributed by atoms with Crippen LogP contribution in [0.3, 0.4) is 0 Å². The molecule has 3 aromatic carbocycles. The molecule has 0 spiro atoms. The lowest BCUT2D eigenvalue weighted by Crippen LogP contribution is -2.27. The number of rotatable bonds is 12. The number of carbonyl (C=O) groups is 2. The number of nitrogens with zero attached hydrogens (tertiary/aromatic N) is 4. The van der Waals surface area contributed by atoms with Gasteiger partial charge < -0.3 is 33.6 Å². The summed E-state index contributed by atoms with van der Waals surface area (Å²) in [5, 5.41) is 51.7. The van der Waals surface area contributed by atoms with Crippen LogP contribution in [0.25, 0.3) is 0 Å². The molecule has 2 amide bonds. The number of hydrogen-bond acceptors (Lipinski definition) is 10. The third-order valence-electron chi connectivity index (χ3n) is 7.03. The van der Waals surface area contributed by atoms with Gasteiger partial charge in [-0.15, -0.1) is 0 Å². The zero-order valence-electron chi connectivity index (χ0n) is 29.6. The van der Waals surface area contributed by atoms with Gasteiger partial charge in [0.2, 0.25) is 23.8 Å². The second-order valence-corrected chi connectivity index (χ2v) is 11.5. The van der Waals surface area contributed by atoms with Crippen molar-refractivity contribution < 1.29 is 9.59 Å². The van der Waals surface area contributed by atoms with Gasteiger partial charge in [0.1, 0.15) is 0 Å². The average molecular weight is 723 g/mol. The highest BCUT2D eigenvalue weighted by Gasteiger charge is 2.16. The molecule has 0 aliphatic rings. The number of hydrazone groups is 4. The zero-order valence-corrected chi connectivity index (χ0v) is 29.6. The second-order valence-electron chi connectivity index (χ2n) is 11.5. The number of nitrogens with one attached hydrogen (secondary N) is 10. The van der Waals surface area contributed by atoms with Gasteiger partial charge in [-0.3, -0.25) is 31.2 Å². The van der Waals surface area contributed by atoms with Crippen LogP contribution in [-0.2, 0) is 0 Å². The Hall–Kier alpha value is -7.64. The van der Waals surface area contributed by atoms with Crippen molar-refractivity contribution in [3.63, 3.8) is 0 Å². The van der Waals surface area contributed by atoms with E-state index in [1.54, 1.807) is 83.1 Å². The van der Waals surface area contributed by atoms with Gasteiger partial charge in [-0.1, -0.05) is 0 Å². The molecule has 0 heterocycles. The Morgan fingerprint density at radius 1 is 0.453 bits per heavy atom. The quantitative estimate of drug-likeness (QED) is 0.0722. The molecule has 0 unspecified atom stereocenters. The molecule has 0 bridgehead atoms. The normalized spacial score (nSPS) is 11.9. The molecule has 0 aliphatic heterocycles. The summed E-state index contributed by atoms with van der Waals surface area (Å²) in [5.41, 5.74) is 36.8. The SMILES string of the molecule is C/C(=N/NC(=N)N)c1cc(NC(=O)c2cc(C)cc(C(=O)Nc3cc(/C(C)=N\NC(=N)N)cc(/C(C)=N/NC(=N)N)c3)c2)cc(/C(C)=N\NC(=N)N)c1. The first-order valence-corrected chi connectivity index (χ1v) is 15.5. The summed E-state index contributed by atoms with van der Waals surface area (Å²) in [6.45, 7) is 8.47. The van der Waals surface area contributed by atoms with Crippen molar-refractivity contribution in [1.82, 2.24) is 21.7 Å². The number of benzene rings is 3. The minimum Gasteiger partial charge on any atom is -0.369 e. The number of guanidine groups is 4. The number of hydrogen-bond donors (Lipinski definition) is 14. The molecular formula is C33H42N18O2. The smallest absolute Gasteiger partial charge is 0.255 e. The Labute approximate surface area is 304 Å². The van der Waals surface area contributed by atoms with Crippen molar-refractivity contribution in [3.05, 3.63) is 93.5 Å². The van der Waals surface area contributed by atoms with Gasteiger partial charge in [-0.05, 0) is 94.8 Å². The fourth-order valence-corrected chi connectivity index (χ4v) is 4.52. The van der Waals surface area contributed by atoms with Crippen LogP contribution in [0, 0.1) is 28.6 Å². The van der Waals surface area contributed by atoms with Crippen molar-refractivity contribution in [2.24, 2.45) is 43.3 Å². The summed E-state index contributed by atoms with van der Waals surface area (Å²) in [4.78, 5) is 27.3. The molecule has 0 radical (unpaired) electrons. The Balaban J connectivity index is 1.99. The molecule has 0 aromatic heterocycles. The maximum absolute atomic E-state index is 13.6. The molecule has 0 saturated heterocycles. The molecule has 276 valence electrons. The topological polar surface area (TPSA) is 355 Å². The first kappa shape index (κ1) is 39.8. The highest BCUT2D eigenvalue weighted by molar-refractivity contribution is 6.12. The number of aryl methyl sites for hydroxylation is 1. The van der Waals surface area contributed by atoms with E-state index in [2.05, 4.69) is 52.7 Å². The Morgan fingerprint density at radius 2 is 0.698 bits per heavy atom. The van der Waals surface area contributed by atoms with Crippen molar-refractivity contribution in [2.45, 2.75) is 34.6 Å². The summed E-state index contributed by atoms with van der Waals surface area (Å²) in [6, 6.07) is 14.9. The van der Waals surface area contributed by atoms with Crippen LogP contribution >= 0.6 is 0 Å². The van der Waals surface area contributed by atoms with E-state index < -0.39 is 11.8 Å². The number of carbonyl (C=O) groups excluding carboxylic acids is 2. The van der Waals surface area contributed by atoms with Gasteiger partial charge in [0.15, 0.2) is 0 Å². The van der Waals surface area contributed by atoms with E-state index in [4.69, 9.17) is 44.6 Å². The van der Waals surface area contributed by atoms with Crippen LogP contribution in [0.5, 0.6) is 0 Å². The molecule has 53 heavy (non-hydrogen) atoms. The van der Waals surface area contributed by atoms with Crippen LogP contribution in [0.15, 0.2) is 75.0 Å². The summed E-state index contributed by atoms with van der Waals surface area (Å²) in [7, 11) is 0. The molecule has 3 rings (SSSR count). The van der Waals surface area contributed by atoms with Crippen LogP contribution in [0.1, 0.15) is 76.2 Å². The van der Waals surface area contributed by atoms with E-state index in [1.165, 1.54) is 6.07 Å². The zero-order chi connectivity index (χ0) is 39.4. The lowest BCUT2D eigenvalue weighted by Gasteiger charge is -2.14. The van der Waals surface area contributed by atoms with Crippen molar-refractivity contribution in [3.8, 4) is 0 Å². The second kappa shape index (κ2) is 17.8. The van der Waals surface area contributed by atoms with E-state index in [0.29, 0.717) is 62.0 Å². The maximum atomic E-state index is 13.6. The van der Waals surface area contributed by atoms with E-state index in [0.717, 1.165) is 0 Å². The predicted molar refractivity (Wildman–Crippen MR) is 209 cm³/mol. The van der Waals surface area contributed by atoms with Crippen molar-refractivity contribution in [2.75, 3.05) is 10.6 Å². The van der Waals surface area contributed by atoms with E-state index in [9.17, 15) is 9.59 Å². The molecule has 0 fully saturated rings. The largest absolute Gasteiger partial charge is 0.369 e. The van der Waals surface area contributed by atoms with Crippen molar-refractivity contribution in [1.29, 1.82) is 21.6 Å². The molecule has 20 nitrogen and oxygen atoms in total. The first-order chi connectivity index (χ1) is 24.9. The maximum Gasteiger partial charge on any atom is 0.255 e. The predicted octanol–water partition coefficient (Wildman–Crippen LogP) is 1.33. The first-order valence-electron chi connectivity index (χ1n) is 15.5. The number of nitrogens with two attached hydrogens (primary N) is 4. The highest BCUT2D eigenvalue weighted by Crippen LogP contribution is 2.21. The Bertz CT molecular complexity index is 1850. The lowest BCUT2D eigenvalue weighted by atomic mass is 10.0. The summed E-state index contributed by atoms with van der Waals surface area (Å²) < 4.78 is 0. The summed E-state index contributed by atoms with van der Waals surface area (Å²) in [6.07, 6.45) is 0. The van der Waals surface area contributed by atoms with Crippen LogP contribution in [0.4, 0.5) is 11.4 Å². The van der Waals surface area contributed by atoms with E-state index in [1.807, 2.05) is 0 Å². The van der Waals surface area contributed by atoms with Crippen LogP contribution < -0.4 is 55.3 Å². The molecule has 0 saturated carbocycles. The summed E-state index contributed by atoms with van der Waals surface area (Å²) in [5.74, 6) is -2.47. The third-order valence-corrected chi connectivity index (χ3v) is 7.03. The standard InChI is InChI=1S/C33H42N18O2/c1-15-6-24(28(52)42-26-11-20(16(2)44-48-30(34)35)8-21(12-26)17(3)45-49-31(36)37)10-25(7-15)29(53)43-27-13-22(18(4)46-50-32(38)39)9-23(14-27)19(5)47-51-33(40)41/h6-14H,1-5H3,(H,42,52)(H,43,53)(H4,34,35,48)(H4,36,37,49)(H4,38,39,50)(H4,40,41,51)/b44-16-,45-17-,46-18-,47-19+. The van der Waals surface area contributed by atoms with Crippen LogP contribution in [-0.4, -0.2) is 58.5 Å². The van der Waals surface area contributed by atoms with Crippen molar-refractivity contribution >= 4 is 69.9 Å². The van der Waals surface area contributed by atoms with E-state index in [-0.39, 0.29) is 35.0 Å².